The maximum absolute atomic E-state index is 11.5. The van der Waals surface area contributed by atoms with Crippen molar-refractivity contribution in [1.29, 1.82) is 0 Å². The molecule has 0 spiro atoms. The third-order valence-electron chi connectivity index (χ3n) is 2.02. The molecule has 0 aromatic carbocycles. The Morgan fingerprint density at radius 3 is 2.56 bits per heavy atom. The second-order valence-electron chi connectivity index (χ2n) is 4.31. The first-order chi connectivity index (χ1) is 7.49. The minimum absolute atomic E-state index is 0.0245. The number of ketones is 1. The fraction of sp³-hybridized carbons (Fsp3) is 0.583. The summed E-state index contributed by atoms with van der Waals surface area (Å²) in [6.45, 7) is 7.61. The summed E-state index contributed by atoms with van der Waals surface area (Å²) in [6, 6.07) is 0. The third-order valence-corrected chi connectivity index (χ3v) is 2.02. The molecule has 0 fully saturated rings. The number of rotatable bonds is 5. The van der Waals surface area contributed by atoms with Crippen LogP contribution in [0.5, 0.6) is 5.88 Å². The smallest absolute Gasteiger partial charge is 0.232 e. The highest BCUT2D eigenvalue weighted by Crippen LogP contribution is 2.09. The van der Waals surface area contributed by atoms with Crippen LogP contribution in [0.4, 0.5) is 0 Å². The van der Waals surface area contributed by atoms with Crippen LogP contribution in [0.25, 0.3) is 0 Å². The molecule has 88 valence electrons. The Hall–Kier alpha value is -1.45. The van der Waals surface area contributed by atoms with Crippen molar-refractivity contribution >= 4 is 5.78 Å². The van der Waals surface area contributed by atoms with Crippen LogP contribution in [0.2, 0.25) is 0 Å². The van der Waals surface area contributed by atoms with Crippen LogP contribution in [0, 0.1) is 5.92 Å². The SMILES string of the molecule is CC(C)Oc1cncc(CC(=O)C(C)C)n1. The Morgan fingerprint density at radius 2 is 2.00 bits per heavy atom. The van der Waals surface area contributed by atoms with Crippen molar-refractivity contribution < 1.29 is 9.53 Å². The van der Waals surface area contributed by atoms with Gasteiger partial charge in [-0.15, -0.1) is 0 Å². The van der Waals surface area contributed by atoms with Crippen molar-refractivity contribution in [1.82, 2.24) is 9.97 Å². The zero-order valence-electron chi connectivity index (χ0n) is 10.2. The lowest BCUT2D eigenvalue weighted by Gasteiger charge is -2.09. The maximum atomic E-state index is 11.5. The van der Waals surface area contributed by atoms with Crippen molar-refractivity contribution in [2.45, 2.75) is 40.2 Å². The molecular weight excluding hydrogens is 204 g/mol. The fourth-order valence-electron chi connectivity index (χ4n) is 1.15. The first kappa shape index (κ1) is 12.6. The molecule has 16 heavy (non-hydrogen) atoms. The van der Waals surface area contributed by atoms with E-state index in [0.717, 1.165) is 0 Å². The summed E-state index contributed by atoms with van der Waals surface area (Å²) in [5, 5.41) is 0. The van der Waals surface area contributed by atoms with Crippen LogP contribution in [-0.2, 0) is 11.2 Å². The normalized spacial score (nSPS) is 10.9. The summed E-state index contributed by atoms with van der Waals surface area (Å²) >= 11 is 0. The Morgan fingerprint density at radius 1 is 1.31 bits per heavy atom. The average molecular weight is 222 g/mol. The van der Waals surface area contributed by atoms with Gasteiger partial charge in [0.25, 0.3) is 0 Å². The molecule has 0 radical (unpaired) electrons. The van der Waals surface area contributed by atoms with Gasteiger partial charge in [0.1, 0.15) is 5.78 Å². The quantitative estimate of drug-likeness (QED) is 0.765. The summed E-state index contributed by atoms with van der Waals surface area (Å²) in [7, 11) is 0. The third kappa shape index (κ3) is 3.96. The van der Waals surface area contributed by atoms with E-state index >= 15 is 0 Å². The largest absolute Gasteiger partial charge is 0.474 e. The number of hydrogen-bond donors (Lipinski definition) is 0. The number of carbonyl (C=O) groups excluding carboxylic acids is 1. The van der Waals surface area contributed by atoms with Gasteiger partial charge >= 0.3 is 0 Å². The molecule has 0 amide bonds. The van der Waals surface area contributed by atoms with E-state index in [-0.39, 0.29) is 17.8 Å². The van der Waals surface area contributed by atoms with E-state index in [1.54, 1.807) is 12.4 Å². The van der Waals surface area contributed by atoms with Gasteiger partial charge in [0, 0.05) is 12.1 Å². The van der Waals surface area contributed by atoms with E-state index in [9.17, 15) is 4.79 Å². The number of ether oxygens (including phenoxy) is 1. The minimum Gasteiger partial charge on any atom is -0.474 e. The van der Waals surface area contributed by atoms with Gasteiger partial charge in [-0.2, -0.15) is 0 Å². The molecule has 0 saturated heterocycles. The second-order valence-corrected chi connectivity index (χ2v) is 4.31. The highest BCUT2D eigenvalue weighted by molar-refractivity contribution is 5.82. The Labute approximate surface area is 96.1 Å². The van der Waals surface area contributed by atoms with Crippen LogP contribution in [0.15, 0.2) is 12.4 Å². The Bertz CT molecular complexity index is 362. The molecule has 0 bridgehead atoms. The second kappa shape index (κ2) is 5.58. The lowest BCUT2D eigenvalue weighted by Crippen LogP contribution is -2.13. The molecule has 0 aliphatic rings. The lowest BCUT2D eigenvalue weighted by molar-refractivity contribution is -0.121. The molecule has 0 atom stereocenters. The predicted octanol–water partition coefficient (Wildman–Crippen LogP) is 2.03. The molecule has 0 N–H and O–H groups in total. The molecule has 0 aliphatic heterocycles. The number of aromatic nitrogens is 2. The van der Waals surface area contributed by atoms with Gasteiger partial charge in [-0.05, 0) is 13.8 Å². The van der Waals surface area contributed by atoms with Gasteiger partial charge < -0.3 is 4.74 Å². The predicted molar refractivity (Wildman–Crippen MR) is 61.3 cm³/mol. The number of hydrogen-bond acceptors (Lipinski definition) is 4. The van der Waals surface area contributed by atoms with Crippen LogP contribution in [0.3, 0.4) is 0 Å². The first-order valence-electron chi connectivity index (χ1n) is 5.49. The molecule has 1 heterocycles. The van der Waals surface area contributed by atoms with Crippen molar-refractivity contribution in [3.8, 4) is 5.88 Å². The molecule has 0 saturated carbocycles. The molecular formula is C12H18N2O2. The van der Waals surface area contributed by atoms with Crippen LogP contribution >= 0.6 is 0 Å². The summed E-state index contributed by atoms with van der Waals surface area (Å²) in [5.74, 6) is 0.663. The van der Waals surface area contributed by atoms with E-state index < -0.39 is 0 Å². The number of carbonyl (C=O) groups is 1. The summed E-state index contributed by atoms with van der Waals surface area (Å²) in [6.07, 6.45) is 3.54. The van der Waals surface area contributed by atoms with Gasteiger partial charge in [0.15, 0.2) is 0 Å². The van der Waals surface area contributed by atoms with E-state index in [4.69, 9.17) is 4.74 Å². The van der Waals surface area contributed by atoms with Crippen LogP contribution < -0.4 is 4.74 Å². The molecule has 1 rings (SSSR count). The highest BCUT2D eigenvalue weighted by atomic mass is 16.5. The van der Waals surface area contributed by atoms with Crippen molar-refractivity contribution in [2.24, 2.45) is 5.92 Å². The molecule has 4 nitrogen and oxygen atoms in total. The Balaban J connectivity index is 2.71. The number of nitrogens with zero attached hydrogens (tertiary/aromatic N) is 2. The molecule has 1 aromatic rings. The van der Waals surface area contributed by atoms with Gasteiger partial charge in [-0.25, -0.2) is 4.98 Å². The zero-order valence-corrected chi connectivity index (χ0v) is 10.2. The molecule has 0 aliphatic carbocycles. The monoisotopic (exact) mass is 222 g/mol. The van der Waals surface area contributed by atoms with Gasteiger partial charge in [0.2, 0.25) is 5.88 Å². The van der Waals surface area contributed by atoms with Crippen LogP contribution in [0.1, 0.15) is 33.4 Å². The molecule has 1 aromatic heterocycles. The zero-order chi connectivity index (χ0) is 12.1. The summed E-state index contributed by atoms with van der Waals surface area (Å²) < 4.78 is 5.41. The average Bonchev–Trinajstić information content (AvgIpc) is 2.16. The molecule has 4 heteroatoms. The topological polar surface area (TPSA) is 52.1 Å². The fourth-order valence-corrected chi connectivity index (χ4v) is 1.15. The van der Waals surface area contributed by atoms with E-state index in [2.05, 4.69) is 9.97 Å². The van der Waals surface area contributed by atoms with Gasteiger partial charge in [-0.1, -0.05) is 13.8 Å². The van der Waals surface area contributed by atoms with Crippen molar-refractivity contribution in [3.05, 3.63) is 18.1 Å². The molecule has 0 unspecified atom stereocenters. The summed E-state index contributed by atoms with van der Waals surface area (Å²) in [5.41, 5.74) is 0.664. The minimum atomic E-state index is 0.0245. The number of Topliss-reactive ketones (excluding diaryl/α,β-unsaturated/α-hetero) is 1. The highest BCUT2D eigenvalue weighted by Gasteiger charge is 2.10. The lowest BCUT2D eigenvalue weighted by atomic mass is 10.1. The van der Waals surface area contributed by atoms with E-state index in [1.807, 2.05) is 27.7 Å². The van der Waals surface area contributed by atoms with E-state index in [1.165, 1.54) is 0 Å². The summed E-state index contributed by atoms with van der Waals surface area (Å²) in [4.78, 5) is 19.8. The van der Waals surface area contributed by atoms with E-state index in [0.29, 0.717) is 18.0 Å². The van der Waals surface area contributed by atoms with Gasteiger partial charge in [-0.3, -0.25) is 9.78 Å². The van der Waals surface area contributed by atoms with Crippen molar-refractivity contribution in [3.63, 3.8) is 0 Å². The Kier molecular flexibility index (Phi) is 4.40. The van der Waals surface area contributed by atoms with Gasteiger partial charge in [0.05, 0.1) is 24.4 Å². The maximum Gasteiger partial charge on any atom is 0.232 e. The van der Waals surface area contributed by atoms with Crippen LogP contribution in [-0.4, -0.2) is 21.9 Å². The first-order valence-corrected chi connectivity index (χ1v) is 5.49. The van der Waals surface area contributed by atoms with Crippen molar-refractivity contribution in [2.75, 3.05) is 0 Å². The standard InChI is InChI=1S/C12H18N2O2/c1-8(2)11(15)5-10-6-13-7-12(14-10)16-9(3)4/h6-9H,5H2,1-4H3.